The van der Waals surface area contributed by atoms with Gasteiger partial charge in [-0.05, 0) is 25.6 Å². The maximum Gasteiger partial charge on any atom is 0.155 e. The number of aromatic nitrogens is 1. The predicted octanol–water partition coefficient (Wildman–Crippen LogP) is 4.00. The molecule has 0 aliphatic carbocycles. The van der Waals surface area contributed by atoms with Crippen molar-refractivity contribution in [3.63, 3.8) is 0 Å². The minimum atomic E-state index is -1.26. The van der Waals surface area contributed by atoms with Crippen LogP contribution in [-0.4, -0.2) is 15.9 Å². The summed E-state index contributed by atoms with van der Waals surface area (Å²) in [6.45, 7) is 2.85. The van der Waals surface area contributed by atoms with E-state index in [1.165, 1.54) is 32.2 Å². The summed E-state index contributed by atoms with van der Waals surface area (Å²) in [7, 11) is 0. The van der Waals surface area contributed by atoms with Crippen LogP contribution in [0.5, 0.6) is 0 Å². The third-order valence-corrected chi connectivity index (χ3v) is 2.27. The molecule has 125 valence electrons. The molecule has 0 aliphatic heterocycles. The van der Waals surface area contributed by atoms with Gasteiger partial charge in [-0.1, -0.05) is 29.8 Å². The van der Waals surface area contributed by atoms with E-state index in [1.54, 1.807) is 12.1 Å². The normalized spacial score (nSPS) is 10.2. The molecule has 2 aromatic rings. The first-order valence-corrected chi connectivity index (χ1v) is 6.17. The van der Waals surface area contributed by atoms with Gasteiger partial charge in [0.15, 0.2) is 5.78 Å². The Morgan fingerprint density at radius 2 is 1.87 bits per heavy atom. The summed E-state index contributed by atoms with van der Waals surface area (Å²) >= 11 is 0. The fourth-order valence-corrected chi connectivity index (χ4v) is 1.47. The second-order valence-corrected chi connectivity index (χ2v) is 4.27. The molecule has 1 aromatic heterocycles. The van der Waals surface area contributed by atoms with Crippen LogP contribution >= 0.6 is 0 Å². The number of pyridine rings is 1. The molecule has 1 aromatic carbocycles. The fourth-order valence-electron chi connectivity index (χ4n) is 1.47. The van der Waals surface area contributed by atoms with E-state index < -0.39 is 17.5 Å². The Morgan fingerprint density at radius 1 is 1.22 bits per heavy atom. The molecule has 0 fully saturated rings. The number of rotatable bonds is 2. The topological polar surface area (TPSA) is 50.2 Å². The number of benzene rings is 1. The van der Waals surface area contributed by atoms with Gasteiger partial charge >= 0.3 is 0 Å². The van der Waals surface area contributed by atoms with Gasteiger partial charge in [0, 0.05) is 38.2 Å². The van der Waals surface area contributed by atoms with E-state index in [0.717, 1.165) is 0 Å². The van der Waals surface area contributed by atoms with Gasteiger partial charge in [-0.15, -0.1) is 0 Å². The summed E-state index contributed by atoms with van der Waals surface area (Å²) in [5, 5.41) is 8.36. The van der Waals surface area contributed by atoms with Crippen LogP contribution < -0.4 is 0 Å². The van der Waals surface area contributed by atoms with Gasteiger partial charge in [-0.25, -0.2) is 4.39 Å². The summed E-state index contributed by atoms with van der Waals surface area (Å²) in [6.07, 6.45) is 2.60. The monoisotopic (exact) mass is 501 g/mol. The molecule has 3 nitrogen and oxygen atoms in total. The van der Waals surface area contributed by atoms with E-state index in [2.05, 4.69) is 4.98 Å². The first-order valence-electron chi connectivity index (χ1n) is 6.17. The predicted molar refractivity (Wildman–Crippen MR) is 75.4 cm³/mol. The molecular formula is C16H13F3IrNO2-. The molecule has 0 saturated heterocycles. The molecule has 0 unspecified atom stereocenters. The maximum atomic E-state index is 13.2. The smallest absolute Gasteiger partial charge is 0.155 e. The molecule has 1 heterocycles. The molecule has 0 spiro atoms. The Kier molecular flexibility index (Phi) is 9.07. The van der Waals surface area contributed by atoms with Gasteiger partial charge in [0.05, 0.1) is 17.4 Å². The second-order valence-electron chi connectivity index (χ2n) is 4.27. The number of allylic oxidation sites excluding steroid dienone is 2. The third kappa shape index (κ3) is 7.21. The number of ketones is 1. The number of hydrogen-bond donors (Lipinski definition) is 1. The number of aliphatic hydroxyl groups excluding tert-OH is 1. The van der Waals surface area contributed by atoms with Gasteiger partial charge in [-0.2, -0.15) is 0 Å². The largest absolute Gasteiger partial charge is 0.512 e. The second kappa shape index (κ2) is 9.92. The van der Waals surface area contributed by atoms with Gasteiger partial charge in [0.1, 0.15) is 0 Å². The molecule has 7 heteroatoms. The number of nitrogens with zero attached hydrogens (tertiary/aromatic N) is 1. The van der Waals surface area contributed by atoms with Crippen LogP contribution in [0.4, 0.5) is 13.2 Å². The van der Waals surface area contributed by atoms with Crippen molar-refractivity contribution >= 4 is 5.78 Å². The molecular weight excluding hydrogens is 487 g/mol. The molecule has 0 atom stereocenters. The summed E-state index contributed by atoms with van der Waals surface area (Å²) in [5.74, 6) is -3.41. The van der Waals surface area contributed by atoms with Crippen LogP contribution in [0.15, 0.2) is 42.3 Å². The number of aliphatic hydroxyl groups is 1. The number of carbonyl (C=O) groups is 1. The molecule has 1 N–H and O–H groups in total. The summed E-state index contributed by atoms with van der Waals surface area (Å²) in [4.78, 5) is 13.8. The van der Waals surface area contributed by atoms with Crippen LogP contribution in [0, 0.1) is 23.5 Å². The van der Waals surface area contributed by atoms with Crippen molar-refractivity contribution in [2.45, 2.75) is 13.8 Å². The van der Waals surface area contributed by atoms with E-state index in [1.807, 2.05) is 6.07 Å². The third-order valence-electron chi connectivity index (χ3n) is 2.27. The van der Waals surface area contributed by atoms with E-state index in [4.69, 9.17) is 5.11 Å². The molecule has 0 aliphatic rings. The average Bonchev–Trinajstić information content (AvgIpc) is 2.43. The summed E-state index contributed by atoms with van der Waals surface area (Å²) in [5.41, 5.74) is 0.0448. The molecule has 2 rings (SSSR count). The summed E-state index contributed by atoms with van der Waals surface area (Å²) < 4.78 is 38.7. The van der Waals surface area contributed by atoms with E-state index in [-0.39, 0.29) is 42.9 Å². The molecule has 0 bridgehead atoms. The Morgan fingerprint density at radius 3 is 2.30 bits per heavy atom. The van der Waals surface area contributed by atoms with Gasteiger partial charge in [0.2, 0.25) is 0 Å². The van der Waals surface area contributed by atoms with E-state index in [9.17, 15) is 18.0 Å². The molecule has 0 saturated carbocycles. The minimum Gasteiger partial charge on any atom is -0.512 e. The van der Waals surface area contributed by atoms with Gasteiger partial charge in [0.25, 0.3) is 0 Å². The quantitative estimate of drug-likeness (QED) is 0.294. The standard InChI is InChI=1S/C11H5F3N.C5H8O2.Ir/c12-8-6-10(14)9(13)5-7(8)11-3-1-2-4-15-11;1-4(6)3-5(2)7;/h1-4,6H;3,6H,1-2H3;/q-1;;/b;4-3-;. The van der Waals surface area contributed by atoms with Crippen molar-refractivity contribution in [2.24, 2.45) is 0 Å². The Hall–Kier alpha value is -1.98. The molecule has 0 amide bonds. The van der Waals surface area contributed by atoms with Crippen molar-refractivity contribution in [3.05, 3.63) is 65.8 Å². The zero-order valence-electron chi connectivity index (χ0n) is 12.2. The van der Waals surface area contributed by atoms with Crippen molar-refractivity contribution in [2.75, 3.05) is 0 Å². The SMILES string of the molecule is CC(=O)/C=C(/C)O.Fc1[c-]c(-c2ccccn2)c(F)cc1F.[Ir]. The minimum absolute atomic E-state index is 0. The van der Waals surface area contributed by atoms with Crippen molar-refractivity contribution < 1.29 is 43.2 Å². The Labute approximate surface area is 145 Å². The first kappa shape index (κ1) is 21.0. The Balaban J connectivity index is 0.000000522. The van der Waals surface area contributed by atoms with Crippen LogP contribution in [0.1, 0.15) is 13.8 Å². The number of halogens is 3. The van der Waals surface area contributed by atoms with Crippen molar-refractivity contribution in [1.82, 2.24) is 4.98 Å². The average molecular weight is 500 g/mol. The number of carbonyl (C=O) groups excluding carboxylic acids is 1. The Bertz CT molecular complexity index is 687. The molecule has 23 heavy (non-hydrogen) atoms. The van der Waals surface area contributed by atoms with Crippen molar-refractivity contribution in [3.8, 4) is 11.3 Å². The zero-order chi connectivity index (χ0) is 16.7. The van der Waals surface area contributed by atoms with E-state index >= 15 is 0 Å². The molecule has 1 radical (unpaired) electrons. The van der Waals surface area contributed by atoms with Crippen LogP contribution in [-0.2, 0) is 24.9 Å². The zero-order valence-corrected chi connectivity index (χ0v) is 14.6. The maximum absolute atomic E-state index is 13.2. The van der Waals surface area contributed by atoms with Crippen LogP contribution in [0.25, 0.3) is 11.3 Å². The van der Waals surface area contributed by atoms with Gasteiger partial charge in [-0.3, -0.25) is 13.6 Å². The first-order chi connectivity index (χ1) is 10.3. The van der Waals surface area contributed by atoms with Crippen LogP contribution in [0.3, 0.4) is 0 Å². The van der Waals surface area contributed by atoms with E-state index in [0.29, 0.717) is 6.07 Å². The number of hydrogen-bond acceptors (Lipinski definition) is 3. The van der Waals surface area contributed by atoms with Crippen molar-refractivity contribution in [1.29, 1.82) is 0 Å². The fraction of sp³-hybridized carbons (Fsp3) is 0.125. The summed E-state index contributed by atoms with van der Waals surface area (Å²) in [6, 6.07) is 7.22. The van der Waals surface area contributed by atoms with Crippen LogP contribution in [0.2, 0.25) is 0 Å². The van der Waals surface area contributed by atoms with Gasteiger partial charge < -0.3 is 10.1 Å².